The molecule has 0 N–H and O–H groups in total. The summed E-state index contributed by atoms with van der Waals surface area (Å²) in [4.78, 5) is 0. The Morgan fingerprint density at radius 3 is 1.95 bits per heavy atom. The van der Waals surface area contributed by atoms with Gasteiger partial charge in [0.15, 0.2) is 23.0 Å². The van der Waals surface area contributed by atoms with E-state index in [9.17, 15) is 0 Å². The lowest BCUT2D eigenvalue weighted by Gasteiger charge is -2.25. The zero-order valence-corrected chi connectivity index (χ0v) is 19.8. The number of hydrogen-bond acceptors (Lipinski definition) is 2. The lowest BCUT2D eigenvalue weighted by atomic mass is 10.2. The summed E-state index contributed by atoms with van der Waals surface area (Å²) in [5.74, 6) is 2.10. The van der Waals surface area contributed by atoms with Crippen molar-refractivity contribution in [2.24, 2.45) is 0 Å². The van der Waals surface area contributed by atoms with E-state index in [2.05, 4.69) is 95.6 Å². The molecule has 2 nitrogen and oxygen atoms in total. The SMILES string of the molecule is Clc1c(Br)c(Br)c(Br)c2c1Oc1cc(Br)c(Br)c(Br)c1O2. The summed E-state index contributed by atoms with van der Waals surface area (Å²) in [7, 11) is 0. The van der Waals surface area contributed by atoms with Gasteiger partial charge >= 0.3 is 0 Å². The van der Waals surface area contributed by atoms with Crippen molar-refractivity contribution in [3.05, 3.63) is 37.9 Å². The Kier molecular flexibility index (Phi) is 5.08. The molecule has 2 aromatic carbocycles. The van der Waals surface area contributed by atoms with Gasteiger partial charge in [0, 0.05) is 15.0 Å². The molecule has 0 unspecified atom stereocenters. The second-order valence-corrected chi connectivity index (χ2v) is 9.13. The van der Waals surface area contributed by atoms with Crippen LogP contribution in [-0.4, -0.2) is 0 Å². The summed E-state index contributed by atoms with van der Waals surface area (Å²) in [6.07, 6.45) is 0. The standard InChI is InChI=1S/C12HBr6ClO2/c13-2-1-3-10(7(17)4(2)14)21-11-8(18)5(15)6(16)9(19)12(11)20-3/h1H. The van der Waals surface area contributed by atoms with E-state index in [0.29, 0.717) is 37.0 Å². The largest absolute Gasteiger partial charge is 0.448 e. The number of hydrogen-bond donors (Lipinski definition) is 0. The van der Waals surface area contributed by atoms with Gasteiger partial charge in [0.1, 0.15) is 5.02 Å². The zero-order chi connectivity index (χ0) is 15.5. The minimum Gasteiger partial charge on any atom is -0.448 e. The van der Waals surface area contributed by atoms with Gasteiger partial charge in [0.2, 0.25) is 0 Å². The Hall–Kier alpha value is 1.21. The monoisotopic (exact) mass is 685 g/mol. The van der Waals surface area contributed by atoms with Crippen molar-refractivity contribution < 1.29 is 9.47 Å². The summed E-state index contributed by atoms with van der Waals surface area (Å²) in [6.45, 7) is 0. The van der Waals surface area contributed by atoms with Crippen molar-refractivity contribution >= 4 is 107 Å². The van der Waals surface area contributed by atoms with E-state index < -0.39 is 0 Å². The molecule has 0 bridgehead atoms. The van der Waals surface area contributed by atoms with Gasteiger partial charge in [-0.3, -0.25) is 0 Å². The maximum Gasteiger partial charge on any atom is 0.191 e. The van der Waals surface area contributed by atoms with Gasteiger partial charge in [-0.2, -0.15) is 0 Å². The molecule has 0 fully saturated rings. The lowest BCUT2D eigenvalue weighted by Crippen LogP contribution is -2.02. The predicted octanol–water partition coefficient (Wildman–Crippen LogP) is 8.81. The number of ether oxygens (including phenoxy) is 2. The average Bonchev–Trinajstić information content (AvgIpc) is 2.47. The Labute approximate surface area is 175 Å². The molecule has 21 heavy (non-hydrogen) atoms. The fraction of sp³-hybridized carbons (Fsp3) is 0. The smallest absolute Gasteiger partial charge is 0.191 e. The first-order chi connectivity index (χ1) is 9.82. The van der Waals surface area contributed by atoms with E-state index in [4.69, 9.17) is 21.1 Å². The second kappa shape index (κ2) is 6.26. The van der Waals surface area contributed by atoms with Crippen LogP contribution in [0.1, 0.15) is 0 Å². The van der Waals surface area contributed by atoms with E-state index in [1.54, 1.807) is 0 Å². The summed E-state index contributed by atoms with van der Waals surface area (Å²) >= 11 is 27.1. The van der Waals surface area contributed by atoms with E-state index >= 15 is 0 Å². The molecule has 0 atom stereocenters. The fourth-order valence-corrected chi connectivity index (χ4v) is 4.98. The first-order valence-electron chi connectivity index (χ1n) is 5.22. The first-order valence-corrected chi connectivity index (χ1v) is 10.4. The highest BCUT2D eigenvalue weighted by atomic mass is 79.9. The highest BCUT2D eigenvalue weighted by Gasteiger charge is 2.30. The van der Waals surface area contributed by atoms with Crippen molar-refractivity contribution in [1.82, 2.24) is 0 Å². The fourth-order valence-electron chi connectivity index (χ4n) is 1.71. The topological polar surface area (TPSA) is 18.5 Å². The van der Waals surface area contributed by atoms with Crippen molar-refractivity contribution in [1.29, 1.82) is 0 Å². The van der Waals surface area contributed by atoms with Crippen molar-refractivity contribution in [3.63, 3.8) is 0 Å². The molecule has 9 heteroatoms. The molecule has 0 aliphatic carbocycles. The molecule has 3 rings (SSSR count). The van der Waals surface area contributed by atoms with E-state index in [-0.39, 0.29) is 0 Å². The van der Waals surface area contributed by atoms with Crippen LogP contribution in [0.5, 0.6) is 23.0 Å². The summed E-state index contributed by atoms with van der Waals surface area (Å²) < 4.78 is 16.5. The minimum atomic E-state index is 0.431. The molecular formula is C12HBr6ClO2. The van der Waals surface area contributed by atoms with Crippen molar-refractivity contribution in [2.75, 3.05) is 0 Å². The molecular weight excluding hydrogens is 691 g/mol. The van der Waals surface area contributed by atoms with Crippen LogP contribution in [0.15, 0.2) is 32.9 Å². The first kappa shape index (κ1) is 17.0. The van der Waals surface area contributed by atoms with E-state index in [0.717, 1.165) is 17.9 Å². The summed E-state index contributed by atoms with van der Waals surface area (Å²) in [6, 6.07) is 1.81. The molecule has 0 radical (unpaired) electrons. The Bertz CT molecular complexity index is 793. The molecule has 110 valence electrons. The molecule has 1 aliphatic rings. The molecule has 1 heterocycles. The van der Waals surface area contributed by atoms with Crippen LogP contribution in [0.2, 0.25) is 5.02 Å². The van der Waals surface area contributed by atoms with Gasteiger partial charge in [-0.05, 0) is 95.6 Å². The Morgan fingerprint density at radius 1 is 0.667 bits per heavy atom. The van der Waals surface area contributed by atoms with Crippen LogP contribution in [0.4, 0.5) is 0 Å². The van der Waals surface area contributed by atoms with Gasteiger partial charge in [-0.15, -0.1) is 0 Å². The third-order valence-electron chi connectivity index (χ3n) is 2.68. The Morgan fingerprint density at radius 2 is 1.29 bits per heavy atom. The predicted molar refractivity (Wildman–Crippen MR) is 104 cm³/mol. The normalized spacial score (nSPS) is 12.3. The number of fused-ring (bicyclic) bond motifs is 2. The number of halogens is 7. The quantitative estimate of drug-likeness (QED) is 0.173. The molecule has 2 aromatic rings. The third-order valence-corrected chi connectivity index (χ3v) is 9.95. The van der Waals surface area contributed by atoms with Crippen LogP contribution < -0.4 is 9.47 Å². The van der Waals surface area contributed by atoms with Crippen molar-refractivity contribution in [3.8, 4) is 23.0 Å². The van der Waals surface area contributed by atoms with Crippen LogP contribution in [-0.2, 0) is 0 Å². The molecule has 0 amide bonds. The summed E-state index contributed by atoms with van der Waals surface area (Å²) in [5.41, 5.74) is 0. The maximum atomic E-state index is 6.33. The highest BCUT2D eigenvalue weighted by molar-refractivity contribution is 9.15. The zero-order valence-electron chi connectivity index (χ0n) is 9.54. The van der Waals surface area contributed by atoms with Gasteiger partial charge < -0.3 is 9.47 Å². The van der Waals surface area contributed by atoms with Crippen LogP contribution in [0.25, 0.3) is 0 Å². The number of benzene rings is 2. The highest BCUT2D eigenvalue weighted by Crippen LogP contribution is 2.59. The van der Waals surface area contributed by atoms with Gasteiger partial charge in [-0.25, -0.2) is 0 Å². The van der Waals surface area contributed by atoms with Gasteiger partial charge in [-0.1, -0.05) is 11.6 Å². The van der Waals surface area contributed by atoms with E-state index in [1.807, 2.05) is 6.07 Å². The van der Waals surface area contributed by atoms with Crippen LogP contribution >= 0.6 is 107 Å². The number of rotatable bonds is 0. The van der Waals surface area contributed by atoms with Gasteiger partial charge in [0.05, 0.1) is 17.9 Å². The summed E-state index contributed by atoms with van der Waals surface area (Å²) in [5, 5.41) is 0.431. The van der Waals surface area contributed by atoms with Crippen molar-refractivity contribution in [2.45, 2.75) is 0 Å². The molecule has 0 saturated carbocycles. The minimum absolute atomic E-state index is 0.431. The molecule has 0 saturated heterocycles. The van der Waals surface area contributed by atoms with Gasteiger partial charge in [0.25, 0.3) is 0 Å². The third kappa shape index (κ3) is 2.76. The molecule has 1 aliphatic heterocycles. The lowest BCUT2D eigenvalue weighted by molar-refractivity contribution is 0.355. The second-order valence-electron chi connectivity index (χ2n) is 3.93. The van der Waals surface area contributed by atoms with Crippen LogP contribution in [0, 0.1) is 0 Å². The molecule has 0 aromatic heterocycles. The molecule has 0 spiro atoms. The average molecular weight is 692 g/mol. The van der Waals surface area contributed by atoms with Crippen LogP contribution in [0.3, 0.4) is 0 Å². The maximum absolute atomic E-state index is 6.33. The Balaban J connectivity index is 2.27. The van der Waals surface area contributed by atoms with E-state index in [1.165, 1.54) is 0 Å².